The van der Waals surface area contributed by atoms with Gasteiger partial charge in [-0.2, -0.15) is 0 Å². The molecule has 0 saturated carbocycles. The van der Waals surface area contributed by atoms with E-state index in [0.29, 0.717) is 40.7 Å². The van der Waals surface area contributed by atoms with Crippen LogP contribution in [0.15, 0.2) is 41.2 Å². The van der Waals surface area contributed by atoms with Crippen LogP contribution in [0.1, 0.15) is 35.2 Å². The molecule has 27 heavy (non-hydrogen) atoms. The van der Waals surface area contributed by atoms with Crippen LogP contribution in [0.3, 0.4) is 0 Å². The lowest BCUT2D eigenvalue weighted by Crippen LogP contribution is -2.24. The fourth-order valence-corrected chi connectivity index (χ4v) is 2.36. The fraction of sp³-hybridized carbons (Fsp3) is 0.263. The molecule has 3 heterocycles. The van der Waals surface area contributed by atoms with E-state index < -0.39 is 5.82 Å². The molecule has 0 atom stereocenters. The number of aromatic nitrogens is 3. The minimum Gasteiger partial charge on any atom is -0.487 e. The highest BCUT2D eigenvalue weighted by Crippen LogP contribution is 2.25. The normalized spacial score (nSPS) is 10.6. The van der Waals surface area contributed by atoms with E-state index in [9.17, 15) is 9.18 Å². The zero-order chi connectivity index (χ0) is 19.2. The predicted octanol–water partition coefficient (Wildman–Crippen LogP) is 3.30. The second kappa shape index (κ2) is 8.39. The summed E-state index contributed by atoms with van der Waals surface area (Å²) in [5, 5.41) is 6.75. The zero-order valence-electron chi connectivity index (χ0n) is 15.0. The molecule has 0 aromatic carbocycles. The van der Waals surface area contributed by atoms with E-state index in [0.717, 1.165) is 12.6 Å². The number of nitrogens with zero attached hydrogens (tertiary/aromatic N) is 3. The van der Waals surface area contributed by atoms with Crippen LogP contribution in [0.4, 0.5) is 4.39 Å². The van der Waals surface area contributed by atoms with Crippen LogP contribution in [0.25, 0.3) is 11.4 Å². The number of aryl methyl sites for hydroxylation is 1. The van der Waals surface area contributed by atoms with Crippen molar-refractivity contribution in [3.8, 4) is 17.1 Å². The minimum atomic E-state index is -0.425. The van der Waals surface area contributed by atoms with Crippen molar-refractivity contribution in [2.24, 2.45) is 0 Å². The van der Waals surface area contributed by atoms with Gasteiger partial charge in [-0.3, -0.25) is 9.78 Å². The van der Waals surface area contributed by atoms with Crippen molar-refractivity contribution in [2.75, 3.05) is 6.54 Å². The average molecular weight is 370 g/mol. The maximum atomic E-state index is 13.1. The number of carbonyl (C=O) groups excluding carboxylic acids is 1. The molecular weight excluding hydrogens is 351 g/mol. The van der Waals surface area contributed by atoms with Crippen LogP contribution >= 0.6 is 0 Å². The molecule has 0 aliphatic rings. The van der Waals surface area contributed by atoms with Gasteiger partial charge in [-0.15, -0.1) is 0 Å². The van der Waals surface area contributed by atoms with Crippen LogP contribution in [0.5, 0.6) is 5.75 Å². The molecule has 0 aliphatic heterocycles. The lowest BCUT2D eigenvalue weighted by atomic mass is 10.1. The molecule has 1 N–H and O–H groups in total. The Kier molecular flexibility index (Phi) is 5.75. The Morgan fingerprint density at radius 1 is 1.22 bits per heavy atom. The summed E-state index contributed by atoms with van der Waals surface area (Å²) >= 11 is 0. The molecule has 0 unspecified atom stereocenters. The van der Waals surface area contributed by atoms with Crippen LogP contribution in [-0.4, -0.2) is 27.6 Å². The highest BCUT2D eigenvalue weighted by Gasteiger charge is 2.17. The molecule has 0 radical (unpaired) electrons. The number of hydrogen-bond acceptors (Lipinski definition) is 6. The van der Waals surface area contributed by atoms with Crippen LogP contribution in [-0.2, 0) is 6.61 Å². The Balaban J connectivity index is 1.69. The third-order valence-electron chi connectivity index (χ3n) is 3.84. The summed E-state index contributed by atoms with van der Waals surface area (Å²) in [6, 6.07) is 6.11. The molecule has 8 heteroatoms. The second-order valence-electron chi connectivity index (χ2n) is 5.85. The molecule has 3 rings (SSSR count). The monoisotopic (exact) mass is 370 g/mol. The van der Waals surface area contributed by atoms with Crippen molar-refractivity contribution >= 4 is 5.91 Å². The van der Waals surface area contributed by atoms with Crippen molar-refractivity contribution in [3.05, 3.63) is 59.5 Å². The zero-order valence-corrected chi connectivity index (χ0v) is 15.0. The predicted molar refractivity (Wildman–Crippen MR) is 95.6 cm³/mol. The summed E-state index contributed by atoms with van der Waals surface area (Å²) < 4.78 is 24.0. The van der Waals surface area contributed by atoms with E-state index in [4.69, 9.17) is 9.26 Å². The molecule has 0 aliphatic carbocycles. The Morgan fingerprint density at radius 3 is 2.74 bits per heavy atom. The van der Waals surface area contributed by atoms with Gasteiger partial charge in [0.1, 0.15) is 35.3 Å². The maximum Gasteiger partial charge on any atom is 0.269 e. The van der Waals surface area contributed by atoms with Gasteiger partial charge in [-0.25, -0.2) is 9.37 Å². The van der Waals surface area contributed by atoms with Gasteiger partial charge >= 0.3 is 0 Å². The Labute approximate surface area is 155 Å². The lowest BCUT2D eigenvalue weighted by Gasteiger charge is -2.07. The van der Waals surface area contributed by atoms with Gasteiger partial charge < -0.3 is 14.6 Å². The van der Waals surface area contributed by atoms with Crippen LogP contribution < -0.4 is 10.1 Å². The van der Waals surface area contributed by atoms with E-state index >= 15 is 0 Å². The summed E-state index contributed by atoms with van der Waals surface area (Å²) in [5.74, 6) is 0.439. The summed E-state index contributed by atoms with van der Waals surface area (Å²) in [7, 11) is 0. The third kappa shape index (κ3) is 4.46. The first kappa shape index (κ1) is 18.5. The molecule has 0 saturated heterocycles. The molecule has 0 fully saturated rings. The molecular formula is C19H19FN4O3. The largest absolute Gasteiger partial charge is 0.487 e. The van der Waals surface area contributed by atoms with E-state index in [1.807, 2.05) is 6.92 Å². The maximum absolute atomic E-state index is 13.1. The summed E-state index contributed by atoms with van der Waals surface area (Å²) in [6.07, 6.45) is 3.46. The molecule has 1 amide bonds. The number of nitrogens with one attached hydrogen (secondary N) is 1. The van der Waals surface area contributed by atoms with Crippen molar-refractivity contribution in [3.63, 3.8) is 0 Å². The summed E-state index contributed by atoms with van der Waals surface area (Å²) in [6.45, 7) is 4.52. The molecule has 140 valence electrons. The van der Waals surface area contributed by atoms with E-state index in [1.54, 1.807) is 19.1 Å². The standard InChI is InChI=1S/C19H19FN4O3/c1-3-8-21-19(25)17-7-5-14(10-23-17)26-11-15-12(2)27-24-18(15)16-6-4-13(20)9-22-16/h4-7,9-10H,3,8,11H2,1-2H3,(H,21,25). The van der Waals surface area contributed by atoms with E-state index in [2.05, 4.69) is 20.4 Å². The molecule has 0 spiro atoms. The van der Waals surface area contributed by atoms with Crippen molar-refractivity contribution in [2.45, 2.75) is 26.9 Å². The van der Waals surface area contributed by atoms with Crippen molar-refractivity contribution in [1.82, 2.24) is 20.4 Å². The topological polar surface area (TPSA) is 90.1 Å². The van der Waals surface area contributed by atoms with Gasteiger partial charge in [0.25, 0.3) is 5.91 Å². The van der Waals surface area contributed by atoms with Crippen molar-refractivity contribution in [1.29, 1.82) is 0 Å². The van der Waals surface area contributed by atoms with Gasteiger partial charge in [0.05, 0.1) is 23.7 Å². The Bertz CT molecular complexity index is 908. The first-order valence-corrected chi connectivity index (χ1v) is 8.52. The number of hydrogen-bond donors (Lipinski definition) is 1. The lowest BCUT2D eigenvalue weighted by molar-refractivity contribution is 0.0948. The SMILES string of the molecule is CCCNC(=O)c1ccc(OCc2c(-c3ccc(F)cn3)noc2C)cn1. The summed E-state index contributed by atoms with van der Waals surface area (Å²) in [5.41, 5.74) is 2.02. The molecule has 3 aromatic heterocycles. The molecule has 0 bridgehead atoms. The quantitative estimate of drug-likeness (QED) is 0.686. The number of rotatable bonds is 7. The number of carbonyl (C=O) groups is 1. The smallest absolute Gasteiger partial charge is 0.269 e. The summed E-state index contributed by atoms with van der Waals surface area (Å²) in [4.78, 5) is 20.0. The Morgan fingerprint density at radius 2 is 2.07 bits per heavy atom. The second-order valence-corrected chi connectivity index (χ2v) is 5.85. The third-order valence-corrected chi connectivity index (χ3v) is 3.84. The van der Waals surface area contributed by atoms with E-state index in [1.165, 1.54) is 18.3 Å². The Hall–Kier alpha value is -3.29. The van der Waals surface area contributed by atoms with Crippen LogP contribution in [0, 0.1) is 12.7 Å². The van der Waals surface area contributed by atoms with Crippen LogP contribution in [0.2, 0.25) is 0 Å². The van der Waals surface area contributed by atoms with Gasteiger partial charge in [0.2, 0.25) is 0 Å². The number of pyridine rings is 2. The first-order chi connectivity index (χ1) is 13.1. The highest BCUT2D eigenvalue weighted by atomic mass is 19.1. The van der Waals surface area contributed by atoms with E-state index in [-0.39, 0.29) is 12.5 Å². The molecule has 3 aromatic rings. The van der Waals surface area contributed by atoms with Gasteiger partial charge in [0.15, 0.2) is 0 Å². The fourth-order valence-electron chi connectivity index (χ4n) is 2.36. The first-order valence-electron chi connectivity index (χ1n) is 8.52. The number of ether oxygens (including phenoxy) is 1. The number of halogens is 1. The number of amides is 1. The van der Waals surface area contributed by atoms with Gasteiger partial charge in [0, 0.05) is 6.54 Å². The molecule has 7 nitrogen and oxygen atoms in total. The highest BCUT2D eigenvalue weighted by molar-refractivity contribution is 5.92. The van der Waals surface area contributed by atoms with Crippen molar-refractivity contribution < 1.29 is 18.4 Å². The van der Waals surface area contributed by atoms with Gasteiger partial charge in [-0.1, -0.05) is 12.1 Å². The average Bonchev–Trinajstić information content (AvgIpc) is 3.06. The minimum absolute atomic E-state index is 0.173. The van der Waals surface area contributed by atoms with Gasteiger partial charge in [-0.05, 0) is 37.6 Å².